The van der Waals surface area contributed by atoms with Crippen LogP contribution in [-0.2, 0) is 6.42 Å². The molecule has 0 saturated carbocycles. The van der Waals surface area contributed by atoms with Crippen LogP contribution in [0, 0.1) is 18.3 Å². The first-order valence-corrected chi connectivity index (χ1v) is 5.15. The highest BCUT2D eigenvalue weighted by Gasteiger charge is 2.15. The summed E-state index contributed by atoms with van der Waals surface area (Å²) in [5, 5.41) is 3.38. The SMILES string of the molecule is C#Cc1ccccc1CC1CCNC1. The van der Waals surface area contributed by atoms with Crippen molar-refractivity contribution in [3.05, 3.63) is 35.4 Å². The van der Waals surface area contributed by atoms with E-state index in [0.29, 0.717) is 0 Å². The molecule has 0 spiro atoms. The maximum atomic E-state index is 5.46. The number of rotatable bonds is 2. The summed E-state index contributed by atoms with van der Waals surface area (Å²) >= 11 is 0. The van der Waals surface area contributed by atoms with Gasteiger partial charge >= 0.3 is 0 Å². The summed E-state index contributed by atoms with van der Waals surface area (Å²) in [6, 6.07) is 8.25. The van der Waals surface area contributed by atoms with Gasteiger partial charge in [0.2, 0.25) is 0 Å². The fourth-order valence-electron chi connectivity index (χ4n) is 2.04. The van der Waals surface area contributed by atoms with Crippen LogP contribution in [0.2, 0.25) is 0 Å². The molecule has 1 N–H and O–H groups in total. The normalized spacial score (nSPS) is 20.6. The first-order chi connectivity index (χ1) is 6.90. The van der Waals surface area contributed by atoms with Crippen LogP contribution in [0.1, 0.15) is 17.5 Å². The van der Waals surface area contributed by atoms with Gasteiger partial charge in [-0.1, -0.05) is 24.1 Å². The zero-order valence-corrected chi connectivity index (χ0v) is 8.29. The molecule has 1 nitrogen and oxygen atoms in total. The molecule has 1 unspecified atom stereocenters. The second-order valence-corrected chi connectivity index (χ2v) is 3.86. The highest BCUT2D eigenvalue weighted by molar-refractivity contribution is 5.39. The van der Waals surface area contributed by atoms with Gasteiger partial charge in [-0.05, 0) is 43.5 Å². The summed E-state index contributed by atoms with van der Waals surface area (Å²) in [5.41, 5.74) is 2.38. The van der Waals surface area contributed by atoms with Crippen molar-refractivity contribution in [3.63, 3.8) is 0 Å². The summed E-state index contributed by atoms with van der Waals surface area (Å²) < 4.78 is 0. The Morgan fingerprint density at radius 1 is 1.43 bits per heavy atom. The summed E-state index contributed by atoms with van der Waals surface area (Å²) in [4.78, 5) is 0. The van der Waals surface area contributed by atoms with E-state index in [1.165, 1.54) is 12.0 Å². The van der Waals surface area contributed by atoms with Gasteiger partial charge in [-0.25, -0.2) is 0 Å². The number of benzene rings is 1. The van der Waals surface area contributed by atoms with Crippen molar-refractivity contribution in [2.24, 2.45) is 5.92 Å². The lowest BCUT2D eigenvalue weighted by atomic mass is 9.95. The first-order valence-electron chi connectivity index (χ1n) is 5.15. The van der Waals surface area contributed by atoms with Crippen LogP contribution >= 0.6 is 0 Å². The van der Waals surface area contributed by atoms with Crippen molar-refractivity contribution in [1.29, 1.82) is 0 Å². The molecule has 1 fully saturated rings. The lowest BCUT2D eigenvalue weighted by Gasteiger charge is -2.09. The highest BCUT2D eigenvalue weighted by Crippen LogP contribution is 2.17. The van der Waals surface area contributed by atoms with Crippen LogP contribution in [0.5, 0.6) is 0 Å². The molecule has 1 saturated heterocycles. The van der Waals surface area contributed by atoms with Gasteiger partial charge in [-0.3, -0.25) is 0 Å². The van der Waals surface area contributed by atoms with E-state index < -0.39 is 0 Å². The average Bonchev–Trinajstić information content (AvgIpc) is 2.71. The fourth-order valence-corrected chi connectivity index (χ4v) is 2.04. The molecule has 0 bridgehead atoms. The molecular formula is C13H15N. The van der Waals surface area contributed by atoms with Crippen LogP contribution < -0.4 is 5.32 Å². The maximum Gasteiger partial charge on any atom is 0.0274 e. The summed E-state index contributed by atoms with van der Waals surface area (Å²) in [6.07, 6.45) is 7.85. The van der Waals surface area contributed by atoms with Crippen LogP contribution in [0.3, 0.4) is 0 Å². The predicted molar refractivity (Wildman–Crippen MR) is 59.1 cm³/mol. The third-order valence-corrected chi connectivity index (χ3v) is 2.84. The van der Waals surface area contributed by atoms with Crippen LogP contribution in [0.4, 0.5) is 0 Å². The molecule has 1 aromatic carbocycles. The first kappa shape index (κ1) is 9.30. The van der Waals surface area contributed by atoms with Gasteiger partial charge < -0.3 is 5.32 Å². The Kier molecular flexibility index (Phi) is 2.86. The molecular weight excluding hydrogens is 170 g/mol. The quantitative estimate of drug-likeness (QED) is 0.693. The van der Waals surface area contributed by atoms with Crippen molar-refractivity contribution < 1.29 is 0 Å². The molecule has 1 heteroatoms. The standard InChI is InChI=1S/C13H15N/c1-2-12-5-3-4-6-13(12)9-11-7-8-14-10-11/h1,3-6,11,14H,7-10H2. The smallest absolute Gasteiger partial charge is 0.0274 e. The summed E-state index contributed by atoms with van der Waals surface area (Å²) in [7, 11) is 0. The zero-order valence-electron chi connectivity index (χ0n) is 8.29. The van der Waals surface area contributed by atoms with Crippen molar-refractivity contribution in [1.82, 2.24) is 5.32 Å². The lowest BCUT2D eigenvalue weighted by Crippen LogP contribution is -2.11. The minimum Gasteiger partial charge on any atom is -0.316 e. The number of hydrogen-bond donors (Lipinski definition) is 1. The monoisotopic (exact) mass is 185 g/mol. The topological polar surface area (TPSA) is 12.0 Å². The number of hydrogen-bond acceptors (Lipinski definition) is 1. The predicted octanol–water partition coefficient (Wildman–Crippen LogP) is 1.82. The second kappa shape index (κ2) is 4.30. The van der Waals surface area contributed by atoms with Gasteiger partial charge in [0.15, 0.2) is 0 Å². The average molecular weight is 185 g/mol. The Morgan fingerprint density at radius 3 is 3.00 bits per heavy atom. The molecule has 0 aliphatic carbocycles. The third kappa shape index (κ3) is 1.97. The Bertz CT molecular complexity index is 342. The molecule has 1 aromatic rings. The van der Waals surface area contributed by atoms with E-state index in [4.69, 9.17) is 6.42 Å². The van der Waals surface area contributed by atoms with E-state index in [1.54, 1.807) is 0 Å². The molecule has 14 heavy (non-hydrogen) atoms. The van der Waals surface area contributed by atoms with E-state index in [-0.39, 0.29) is 0 Å². The molecule has 1 atom stereocenters. The van der Waals surface area contributed by atoms with Gasteiger partial charge in [0.05, 0.1) is 0 Å². The molecule has 0 radical (unpaired) electrons. The van der Waals surface area contributed by atoms with E-state index in [1.807, 2.05) is 12.1 Å². The third-order valence-electron chi connectivity index (χ3n) is 2.84. The largest absolute Gasteiger partial charge is 0.316 e. The Hall–Kier alpha value is -1.26. The highest BCUT2D eigenvalue weighted by atomic mass is 14.9. The molecule has 1 aliphatic heterocycles. The van der Waals surface area contributed by atoms with Crippen LogP contribution in [0.15, 0.2) is 24.3 Å². The van der Waals surface area contributed by atoms with Crippen molar-refractivity contribution in [3.8, 4) is 12.3 Å². The van der Waals surface area contributed by atoms with E-state index in [9.17, 15) is 0 Å². The molecule has 2 rings (SSSR count). The molecule has 1 aliphatic rings. The number of nitrogens with one attached hydrogen (secondary N) is 1. The van der Waals surface area contributed by atoms with Gasteiger partial charge in [0.25, 0.3) is 0 Å². The van der Waals surface area contributed by atoms with Crippen molar-refractivity contribution in [2.75, 3.05) is 13.1 Å². The van der Waals surface area contributed by atoms with Gasteiger partial charge in [0, 0.05) is 5.56 Å². The molecule has 0 aromatic heterocycles. The Morgan fingerprint density at radius 2 is 2.29 bits per heavy atom. The van der Waals surface area contributed by atoms with Gasteiger partial charge in [0.1, 0.15) is 0 Å². The molecule has 0 amide bonds. The maximum absolute atomic E-state index is 5.46. The Balaban J connectivity index is 2.11. The minimum absolute atomic E-state index is 0.768. The van der Waals surface area contributed by atoms with E-state index in [0.717, 1.165) is 31.0 Å². The molecule has 72 valence electrons. The number of terminal acetylenes is 1. The second-order valence-electron chi connectivity index (χ2n) is 3.86. The van der Waals surface area contributed by atoms with Crippen LogP contribution in [-0.4, -0.2) is 13.1 Å². The van der Waals surface area contributed by atoms with Crippen molar-refractivity contribution >= 4 is 0 Å². The summed E-state index contributed by atoms with van der Waals surface area (Å²) in [5.74, 6) is 3.52. The summed E-state index contributed by atoms with van der Waals surface area (Å²) in [6.45, 7) is 2.29. The van der Waals surface area contributed by atoms with Crippen molar-refractivity contribution in [2.45, 2.75) is 12.8 Å². The van der Waals surface area contributed by atoms with Gasteiger partial charge in [-0.15, -0.1) is 6.42 Å². The molecule has 1 heterocycles. The van der Waals surface area contributed by atoms with E-state index >= 15 is 0 Å². The fraction of sp³-hybridized carbons (Fsp3) is 0.385. The van der Waals surface area contributed by atoms with Crippen LogP contribution in [0.25, 0.3) is 0 Å². The lowest BCUT2D eigenvalue weighted by molar-refractivity contribution is 0.579. The van der Waals surface area contributed by atoms with E-state index in [2.05, 4.69) is 23.4 Å². The Labute approximate surface area is 85.5 Å². The minimum atomic E-state index is 0.768. The zero-order chi connectivity index (χ0) is 9.80. The van der Waals surface area contributed by atoms with Gasteiger partial charge in [-0.2, -0.15) is 0 Å².